The molecule has 1 aliphatic heterocycles. The van der Waals surface area contributed by atoms with Crippen molar-refractivity contribution in [3.8, 4) is 6.07 Å². The van der Waals surface area contributed by atoms with Crippen molar-refractivity contribution in [2.24, 2.45) is 0 Å². The van der Waals surface area contributed by atoms with Crippen LogP contribution in [0.3, 0.4) is 0 Å². The highest BCUT2D eigenvalue weighted by molar-refractivity contribution is 6.30. The molecule has 0 spiro atoms. The first-order valence-electron chi connectivity index (χ1n) is 6.10. The highest BCUT2D eigenvalue weighted by Crippen LogP contribution is 2.32. The van der Waals surface area contributed by atoms with Gasteiger partial charge in [0.05, 0.1) is 23.6 Å². The third-order valence-electron chi connectivity index (χ3n) is 3.29. The van der Waals surface area contributed by atoms with Crippen LogP contribution in [0.1, 0.15) is 18.0 Å². The average molecular weight is 359 g/mol. The molecule has 1 aliphatic rings. The Hall–Kier alpha value is -0.640. The molecule has 1 heterocycles. The zero-order valence-electron chi connectivity index (χ0n) is 11.1. The largest absolute Gasteiger partial charge is 0.314 e. The van der Waals surface area contributed by atoms with Crippen LogP contribution in [0.5, 0.6) is 0 Å². The van der Waals surface area contributed by atoms with Crippen molar-refractivity contribution in [1.82, 2.24) is 10.2 Å². The highest BCUT2D eigenvalue weighted by atomic mass is 35.5. The van der Waals surface area contributed by atoms with Crippen molar-refractivity contribution in [3.63, 3.8) is 0 Å². The number of hydrogen-bond donors (Lipinski definition) is 1. The summed E-state index contributed by atoms with van der Waals surface area (Å²) in [4.78, 5) is 1.91. The fraction of sp³-hybridized carbons (Fsp3) is 0.462. The van der Waals surface area contributed by atoms with Gasteiger partial charge in [0.1, 0.15) is 11.6 Å². The smallest absolute Gasteiger partial charge is 0.149 e. The molecule has 118 valence electrons. The van der Waals surface area contributed by atoms with Crippen LogP contribution in [-0.4, -0.2) is 31.1 Å². The molecule has 1 fully saturated rings. The third-order valence-corrected chi connectivity index (χ3v) is 3.58. The van der Waals surface area contributed by atoms with Gasteiger partial charge >= 0.3 is 0 Å². The Balaban J connectivity index is 0.00000200. The Morgan fingerprint density at radius 3 is 2.48 bits per heavy atom. The van der Waals surface area contributed by atoms with Crippen LogP contribution in [-0.2, 0) is 0 Å². The minimum Gasteiger partial charge on any atom is -0.314 e. The molecule has 1 N–H and O–H groups in total. The lowest BCUT2D eigenvalue weighted by molar-refractivity contribution is 0.169. The van der Waals surface area contributed by atoms with Crippen molar-refractivity contribution in [1.29, 1.82) is 5.26 Å². The maximum absolute atomic E-state index is 14.1. The minimum atomic E-state index is -0.763. The lowest BCUT2D eigenvalue weighted by Gasteiger charge is -2.34. The molecule has 0 radical (unpaired) electrons. The van der Waals surface area contributed by atoms with E-state index in [2.05, 4.69) is 5.32 Å². The first-order valence-corrected chi connectivity index (χ1v) is 6.48. The van der Waals surface area contributed by atoms with Crippen LogP contribution in [0.15, 0.2) is 12.1 Å². The summed E-state index contributed by atoms with van der Waals surface area (Å²) in [6, 6.07) is 3.74. The van der Waals surface area contributed by atoms with E-state index in [4.69, 9.17) is 16.9 Å². The number of nitrogens with one attached hydrogen (secondary N) is 1. The molecule has 21 heavy (non-hydrogen) atoms. The summed E-state index contributed by atoms with van der Waals surface area (Å²) in [7, 11) is 0. The molecular formula is C13H16Cl3F2N3. The van der Waals surface area contributed by atoms with Gasteiger partial charge in [-0.05, 0) is 12.1 Å². The predicted molar refractivity (Wildman–Crippen MR) is 83.3 cm³/mol. The number of rotatable bonds is 3. The summed E-state index contributed by atoms with van der Waals surface area (Å²) >= 11 is 5.71. The summed E-state index contributed by atoms with van der Waals surface area (Å²) in [5, 5.41) is 12.0. The third kappa shape index (κ3) is 4.67. The molecule has 0 aliphatic carbocycles. The van der Waals surface area contributed by atoms with E-state index in [1.165, 1.54) is 6.07 Å². The Labute approximate surface area is 140 Å². The molecular weight excluding hydrogens is 343 g/mol. The average Bonchev–Trinajstić information content (AvgIpc) is 2.43. The summed E-state index contributed by atoms with van der Waals surface area (Å²) < 4.78 is 28.0. The van der Waals surface area contributed by atoms with Crippen molar-refractivity contribution in [3.05, 3.63) is 34.4 Å². The molecule has 8 heteroatoms. The van der Waals surface area contributed by atoms with Gasteiger partial charge in [0.25, 0.3) is 0 Å². The van der Waals surface area contributed by atoms with E-state index in [1.807, 2.05) is 11.0 Å². The zero-order chi connectivity index (χ0) is 13.8. The molecule has 0 amide bonds. The maximum Gasteiger partial charge on any atom is 0.149 e. The first-order chi connectivity index (χ1) is 9.15. The Bertz CT molecular complexity index is 502. The summed E-state index contributed by atoms with van der Waals surface area (Å²) in [6.07, 6.45) is 0.0359. The molecule has 1 aromatic carbocycles. The maximum atomic E-state index is 14.1. The van der Waals surface area contributed by atoms with Gasteiger partial charge in [-0.1, -0.05) is 11.6 Å². The van der Waals surface area contributed by atoms with E-state index in [1.54, 1.807) is 0 Å². The molecule has 0 unspecified atom stereocenters. The van der Waals surface area contributed by atoms with Crippen LogP contribution in [0.2, 0.25) is 5.02 Å². The fourth-order valence-corrected chi connectivity index (χ4v) is 2.51. The lowest BCUT2D eigenvalue weighted by atomic mass is 10.0. The van der Waals surface area contributed by atoms with Gasteiger partial charge in [-0.25, -0.2) is 8.78 Å². The van der Waals surface area contributed by atoms with Gasteiger partial charge in [0, 0.05) is 31.7 Å². The highest BCUT2D eigenvalue weighted by Gasteiger charge is 2.28. The van der Waals surface area contributed by atoms with E-state index in [-0.39, 0.29) is 41.8 Å². The van der Waals surface area contributed by atoms with Gasteiger partial charge in [-0.3, -0.25) is 4.90 Å². The van der Waals surface area contributed by atoms with Gasteiger partial charge in [-0.15, -0.1) is 24.8 Å². The second kappa shape index (κ2) is 9.39. The predicted octanol–water partition coefficient (Wildman–Crippen LogP) is 3.32. The molecule has 1 aromatic rings. The quantitative estimate of drug-likeness (QED) is 0.843. The molecule has 1 atom stereocenters. The number of hydrogen-bond acceptors (Lipinski definition) is 3. The Morgan fingerprint density at radius 1 is 1.29 bits per heavy atom. The second-order valence-electron chi connectivity index (χ2n) is 4.42. The molecule has 1 saturated heterocycles. The summed E-state index contributed by atoms with van der Waals surface area (Å²) in [5.41, 5.74) is -0.101. The van der Waals surface area contributed by atoms with E-state index in [0.29, 0.717) is 13.1 Å². The van der Waals surface area contributed by atoms with Gasteiger partial charge in [-0.2, -0.15) is 5.26 Å². The van der Waals surface area contributed by atoms with Crippen LogP contribution < -0.4 is 5.32 Å². The van der Waals surface area contributed by atoms with Crippen molar-refractivity contribution < 1.29 is 8.78 Å². The van der Waals surface area contributed by atoms with Crippen LogP contribution in [0.25, 0.3) is 0 Å². The number of nitriles is 1. The van der Waals surface area contributed by atoms with E-state index in [9.17, 15) is 8.78 Å². The Kier molecular flexibility index (Phi) is 9.11. The number of benzene rings is 1. The molecule has 0 bridgehead atoms. The molecule has 0 aromatic heterocycles. The molecule has 2 rings (SSSR count). The van der Waals surface area contributed by atoms with E-state index in [0.717, 1.165) is 19.2 Å². The van der Waals surface area contributed by atoms with Gasteiger partial charge < -0.3 is 5.32 Å². The number of halogens is 5. The van der Waals surface area contributed by atoms with Gasteiger partial charge in [0.15, 0.2) is 0 Å². The van der Waals surface area contributed by atoms with E-state index < -0.39 is 17.7 Å². The standard InChI is InChI=1S/C13H14ClF2N3.2ClH/c14-9-1-2-10(15)12(13(9)16)11(3-4-17)19-7-5-18-6-8-19;;/h1-2,11,18H,3,5-8H2;2*1H/t11-;;/m1../s1. The molecule has 0 saturated carbocycles. The first kappa shape index (κ1) is 20.4. The minimum absolute atomic E-state index is 0. The zero-order valence-corrected chi connectivity index (χ0v) is 13.5. The van der Waals surface area contributed by atoms with Gasteiger partial charge in [0.2, 0.25) is 0 Å². The summed E-state index contributed by atoms with van der Waals surface area (Å²) in [5.74, 6) is -1.42. The van der Waals surface area contributed by atoms with Crippen molar-refractivity contribution in [2.75, 3.05) is 26.2 Å². The number of nitrogens with zero attached hydrogens (tertiary/aromatic N) is 2. The normalized spacial score (nSPS) is 16.3. The SMILES string of the molecule is Cl.Cl.N#CC[C@H](c1c(F)ccc(Cl)c1F)N1CCNCC1. The fourth-order valence-electron chi connectivity index (χ4n) is 2.34. The van der Waals surface area contributed by atoms with E-state index >= 15 is 0 Å². The summed E-state index contributed by atoms with van der Waals surface area (Å²) in [6.45, 7) is 2.78. The Morgan fingerprint density at radius 2 is 1.90 bits per heavy atom. The van der Waals surface area contributed by atoms with Crippen LogP contribution in [0, 0.1) is 23.0 Å². The monoisotopic (exact) mass is 357 g/mol. The van der Waals surface area contributed by atoms with Crippen molar-refractivity contribution >= 4 is 36.4 Å². The number of piperazine rings is 1. The molecule has 3 nitrogen and oxygen atoms in total. The topological polar surface area (TPSA) is 39.1 Å². The van der Waals surface area contributed by atoms with Crippen LogP contribution in [0.4, 0.5) is 8.78 Å². The van der Waals surface area contributed by atoms with Crippen molar-refractivity contribution in [2.45, 2.75) is 12.5 Å². The van der Waals surface area contributed by atoms with Crippen LogP contribution >= 0.6 is 36.4 Å². The second-order valence-corrected chi connectivity index (χ2v) is 4.83. The lowest BCUT2D eigenvalue weighted by Crippen LogP contribution is -2.45.